The molecular weight excluding hydrogens is 208 g/mol. The zero-order chi connectivity index (χ0) is 11.7. The highest BCUT2D eigenvalue weighted by molar-refractivity contribution is 5.80. The van der Waals surface area contributed by atoms with E-state index in [0.29, 0.717) is 22.5 Å². The largest absolute Gasteiger partial charge is 0.488 e. The number of rotatable bonds is 3. The number of hydrogen-bond acceptors (Lipinski definition) is 4. The van der Waals surface area contributed by atoms with Gasteiger partial charge in [-0.05, 0) is 13.3 Å². The Bertz CT molecular complexity index is 556. The van der Waals surface area contributed by atoms with Crippen molar-refractivity contribution >= 4 is 16.8 Å². The fourth-order valence-electron chi connectivity index (χ4n) is 1.40. The van der Waals surface area contributed by atoms with E-state index in [9.17, 15) is 4.79 Å². The summed E-state index contributed by atoms with van der Waals surface area (Å²) in [5.74, 6) is 0.0778. The van der Waals surface area contributed by atoms with Gasteiger partial charge in [0.25, 0.3) is 0 Å². The Labute approximate surface area is 92.2 Å². The van der Waals surface area contributed by atoms with E-state index in [1.165, 1.54) is 0 Å². The van der Waals surface area contributed by atoms with Gasteiger partial charge >= 0.3 is 5.76 Å². The lowest BCUT2D eigenvalue weighted by molar-refractivity contribution is 0.219. The zero-order valence-corrected chi connectivity index (χ0v) is 9.24. The molecule has 5 heteroatoms. The van der Waals surface area contributed by atoms with E-state index in [-0.39, 0.29) is 6.10 Å². The maximum absolute atomic E-state index is 11.0. The van der Waals surface area contributed by atoms with Crippen LogP contribution < -0.4 is 16.2 Å². The molecule has 0 saturated heterocycles. The monoisotopic (exact) mass is 222 g/mol. The summed E-state index contributed by atoms with van der Waals surface area (Å²) in [5.41, 5.74) is 7.30. The number of oxazole rings is 1. The van der Waals surface area contributed by atoms with E-state index in [1.807, 2.05) is 13.8 Å². The van der Waals surface area contributed by atoms with E-state index in [1.54, 1.807) is 12.1 Å². The van der Waals surface area contributed by atoms with Gasteiger partial charge in [0.05, 0.1) is 17.3 Å². The first-order chi connectivity index (χ1) is 7.60. The quantitative estimate of drug-likeness (QED) is 0.777. The molecular formula is C11H14N2O3. The van der Waals surface area contributed by atoms with Gasteiger partial charge in [0.2, 0.25) is 0 Å². The van der Waals surface area contributed by atoms with Gasteiger partial charge in [-0.15, -0.1) is 0 Å². The number of anilines is 1. The second-order valence-electron chi connectivity index (χ2n) is 3.74. The topological polar surface area (TPSA) is 81.2 Å². The molecule has 1 aromatic heterocycles. The van der Waals surface area contributed by atoms with Crippen molar-refractivity contribution in [2.75, 3.05) is 5.73 Å². The van der Waals surface area contributed by atoms with Gasteiger partial charge < -0.3 is 14.9 Å². The second kappa shape index (κ2) is 3.92. The minimum Gasteiger partial charge on any atom is -0.488 e. The van der Waals surface area contributed by atoms with E-state index in [4.69, 9.17) is 14.9 Å². The van der Waals surface area contributed by atoms with Gasteiger partial charge in [-0.1, -0.05) is 6.92 Å². The Morgan fingerprint density at radius 2 is 2.31 bits per heavy atom. The van der Waals surface area contributed by atoms with Crippen molar-refractivity contribution in [3.8, 4) is 5.75 Å². The number of nitrogens with two attached hydrogens (primary N) is 1. The predicted molar refractivity (Wildman–Crippen MR) is 61.6 cm³/mol. The van der Waals surface area contributed by atoms with Crippen LogP contribution in [0.5, 0.6) is 5.75 Å². The Morgan fingerprint density at radius 3 is 3.00 bits per heavy atom. The summed E-state index contributed by atoms with van der Waals surface area (Å²) in [4.78, 5) is 13.5. The highest BCUT2D eigenvalue weighted by Crippen LogP contribution is 2.27. The maximum Gasteiger partial charge on any atom is 0.417 e. The molecule has 2 aromatic rings. The molecule has 3 N–H and O–H groups in total. The van der Waals surface area contributed by atoms with E-state index >= 15 is 0 Å². The van der Waals surface area contributed by atoms with Gasteiger partial charge in [0.15, 0.2) is 5.58 Å². The van der Waals surface area contributed by atoms with Crippen LogP contribution in [0.4, 0.5) is 5.69 Å². The Kier molecular flexibility index (Phi) is 2.60. The van der Waals surface area contributed by atoms with E-state index in [2.05, 4.69) is 4.98 Å². The number of benzene rings is 1. The van der Waals surface area contributed by atoms with Crippen LogP contribution in [0.1, 0.15) is 20.3 Å². The lowest BCUT2D eigenvalue weighted by atomic mass is 10.2. The van der Waals surface area contributed by atoms with Crippen LogP contribution in [0.25, 0.3) is 11.1 Å². The molecule has 86 valence electrons. The third kappa shape index (κ3) is 1.88. The Morgan fingerprint density at radius 1 is 1.56 bits per heavy atom. The molecule has 1 atom stereocenters. The molecule has 1 heterocycles. The van der Waals surface area contributed by atoms with Crippen LogP contribution in [0.15, 0.2) is 21.3 Å². The molecule has 0 aliphatic rings. The molecule has 0 aliphatic carbocycles. The van der Waals surface area contributed by atoms with Crippen LogP contribution in [0.2, 0.25) is 0 Å². The minimum absolute atomic E-state index is 0.0818. The summed E-state index contributed by atoms with van der Waals surface area (Å²) in [6.07, 6.45) is 0.970. The van der Waals surface area contributed by atoms with Crippen molar-refractivity contribution in [3.05, 3.63) is 22.7 Å². The molecule has 0 spiro atoms. The molecule has 0 aliphatic heterocycles. The summed E-state index contributed by atoms with van der Waals surface area (Å²) in [6, 6.07) is 3.27. The zero-order valence-electron chi connectivity index (χ0n) is 9.24. The molecule has 1 aromatic carbocycles. The van der Waals surface area contributed by atoms with Crippen LogP contribution >= 0.6 is 0 Å². The number of aromatic nitrogens is 1. The molecule has 2 rings (SSSR count). The Balaban J connectivity index is 2.45. The molecule has 0 bridgehead atoms. The molecule has 0 radical (unpaired) electrons. The summed E-state index contributed by atoms with van der Waals surface area (Å²) >= 11 is 0. The average molecular weight is 222 g/mol. The number of nitrogens with one attached hydrogen (secondary N) is 1. The summed E-state index contributed by atoms with van der Waals surface area (Å²) in [5, 5.41) is 0. The lowest BCUT2D eigenvalue weighted by Gasteiger charge is -2.13. The number of ether oxygens (including phenoxy) is 1. The molecule has 0 fully saturated rings. The van der Waals surface area contributed by atoms with Crippen molar-refractivity contribution in [1.82, 2.24) is 4.98 Å². The standard InChI is InChI=1S/C11H14N2O3/c1-3-6(2)15-9-5-8-10(4-7(9)12)16-11(14)13-8/h4-6H,3,12H2,1-2H3,(H,13,14). The molecule has 1 unspecified atom stereocenters. The molecule has 0 saturated carbocycles. The second-order valence-corrected chi connectivity index (χ2v) is 3.74. The van der Waals surface area contributed by atoms with E-state index in [0.717, 1.165) is 6.42 Å². The number of fused-ring (bicyclic) bond motifs is 1. The summed E-state index contributed by atoms with van der Waals surface area (Å²) < 4.78 is 10.5. The van der Waals surface area contributed by atoms with Crippen LogP contribution in [0.3, 0.4) is 0 Å². The van der Waals surface area contributed by atoms with Crippen molar-refractivity contribution in [2.45, 2.75) is 26.4 Å². The van der Waals surface area contributed by atoms with Crippen molar-refractivity contribution in [3.63, 3.8) is 0 Å². The average Bonchev–Trinajstić information content (AvgIpc) is 2.58. The number of H-pyrrole nitrogens is 1. The highest BCUT2D eigenvalue weighted by Gasteiger charge is 2.09. The first kappa shape index (κ1) is 10.6. The lowest BCUT2D eigenvalue weighted by Crippen LogP contribution is -2.10. The number of aromatic amines is 1. The molecule has 16 heavy (non-hydrogen) atoms. The van der Waals surface area contributed by atoms with Crippen molar-refractivity contribution < 1.29 is 9.15 Å². The first-order valence-corrected chi connectivity index (χ1v) is 5.19. The third-order valence-corrected chi connectivity index (χ3v) is 2.45. The van der Waals surface area contributed by atoms with Crippen LogP contribution in [0, 0.1) is 0 Å². The fourth-order valence-corrected chi connectivity index (χ4v) is 1.40. The van der Waals surface area contributed by atoms with Gasteiger partial charge in [-0.3, -0.25) is 4.98 Å². The first-order valence-electron chi connectivity index (χ1n) is 5.19. The predicted octanol–water partition coefficient (Wildman–Crippen LogP) is 1.88. The van der Waals surface area contributed by atoms with Gasteiger partial charge in [-0.25, -0.2) is 4.79 Å². The van der Waals surface area contributed by atoms with E-state index < -0.39 is 5.76 Å². The maximum atomic E-state index is 11.0. The summed E-state index contributed by atoms with van der Waals surface area (Å²) in [6.45, 7) is 3.99. The van der Waals surface area contributed by atoms with Gasteiger partial charge in [0, 0.05) is 12.1 Å². The van der Waals surface area contributed by atoms with Crippen molar-refractivity contribution in [2.24, 2.45) is 0 Å². The Hall–Kier alpha value is -1.91. The number of hydrogen-bond donors (Lipinski definition) is 2. The number of nitrogen functional groups attached to an aromatic ring is 1. The smallest absolute Gasteiger partial charge is 0.417 e. The SMILES string of the molecule is CCC(C)Oc1cc2[nH]c(=O)oc2cc1N. The van der Waals surface area contributed by atoms with Gasteiger partial charge in [-0.2, -0.15) is 0 Å². The summed E-state index contributed by atoms with van der Waals surface area (Å²) in [7, 11) is 0. The third-order valence-electron chi connectivity index (χ3n) is 2.45. The molecule has 0 amide bonds. The molecule has 5 nitrogen and oxygen atoms in total. The van der Waals surface area contributed by atoms with Crippen molar-refractivity contribution in [1.29, 1.82) is 0 Å². The van der Waals surface area contributed by atoms with Crippen LogP contribution in [-0.2, 0) is 0 Å². The van der Waals surface area contributed by atoms with Crippen LogP contribution in [-0.4, -0.2) is 11.1 Å². The highest BCUT2D eigenvalue weighted by atomic mass is 16.5. The minimum atomic E-state index is -0.491. The van der Waals surface area contributed by atoms with Gasteiger partial charge in [0.1, 0.15) is 5.75 Å². The normalized spacial score (nSPS) is 12.9. The fraction of sp³-hybridized carbons (Fsp3) is 0.364.